The highest BCUT2D eigenvalue weighted by atomic mass is 35.5. The third-order valence-electron chi connectivity index (χ3n) is 0.985. The van der Waals surface area contributed by atoms with Crippen LogP contribution in [0.4, 0.5) is 0 Å². The highest BCUT2D eigenvalue weighted by molar-refractivity contribution is 5.85. The summed E-state index contributed by atoms with van der Waals surface area (Å²) in [5, 5.41) is 10.6. The van der Waals surface area contributed by atoms with Gasteiger partial charge in [-0.25, -0.2) is 0 Å². The fourth-order valence-electron chi connectivity index (χ4n) is 0.609. The lowest BCUT2D eigenvalue weighted by Gasteiger charge is -1.93. The molecule has 5 heteroatoms. The Balaban J connectivity index is 0. The smallest absolute Gasteiger partial charge is 0.0768 e. The van der Waals surface area contributed by atoms with Crippen LogP contribution >= 0.6 is 24.8 Å². The summed E-state index contributed by atoms with van der Waals surface area (Å²) >= 11 is 0. The van der Waals surface area contributed by atoms with Gasteiger partial charge < -0.3 is 5.32 Å². The van der Waals surface area contributed by atoms with Crippen LogP contribution in [0.25, 0.3) is 0 Å². The normalized spacial score (nSPS) is 7.73. The average molecular weight is 196 g/mol. The molecule has 64 valence electrons. The van der Waals surface area contributed by atoms with Crippen LogP contribution in [-0.4, -0.2) is 17.2 Å². The molecule has 0 aliphatic heterocycles. The van der Waals surface area contributed by atoms with Gasteiger partial charge in [-0.15, -0.1) is 24.8 Å². The molecule has 11 heavy (non-hydrogen) atoms. The Morgan fingerprint density at radius 2 is 2.18 bits per heavy atom. The maximum Gasteiger partial charge on any atom is 0.0768 e. The summed E-state index contributed by atoms with van der Waals surface area (Å²) in [6, 6.07) is 3.81. The second kappa shape index (κ2) is 7.72. The Hall–Kier alpha value is -0.380. The van der Waals surface area contributed by atoms with E-state index in [0.717, 1.165) is 12.2 Å². The van der Waals surface area contributed by atoms with E-state index < -0.39 is 0 Å². The zero-order valence-corrected chi connectivity index (χ0v) is 7.78. The van der Waals surface area contributed by atoms with E-state index >= 15 is 0 Å². The molecule has 0 aliphatic rings. The fourth-order valence-corrected chi connectivity index (χ4v) is 0.609. The minimum absolute atomic E-state index is 0. The van der Waals surface area contributed by atoms with Gasteiger partial charge in [0.25, 0.3) is 0 Å². The van der Waals surface area contributed by atoms with Crippen molar-refractivity contribution in [2.24, 2.45) is 0 Å². The van der Waals surface area contributed by atoms with Gasteiger partial charge in [0.05, 0.1) is 5.69 Å². The largest absolute Gasteiger partial charge is 0.314 e. The third-order valence-corrected chi connectivity index (χ3v) is 0.985. The van der Waals surface area contributed by atoms with Crippen LogP contribution in [0.5, 0.6) is 0 Å². The number of halogens is 2. The SMILES string of the molecule is CNCc1cccnn1.Cl.Cl. The van der Waals surface area contributed by atoms with Crippen LogP contribution in [0.2, 0.25) is 0 Å². The quantitative estimate of drug-likeness (QED) is 0.767. The van der Waals surface area contributed by atoms with E-state index in [4.69, 9.17) is 0 Å². The van der Waals surface area contributed by atoms with E-state index in [-0.39, 0.29) is 24.8 Å². The predicted molar refractivity (Wildman–Crippen MR) is 49.3 cm³/mol. The van der Waals surface area contributed by atoms with Gasteiger partial charge in [0.15, 0.2) is 0 Å². The van der Waals surface area contributed by atoms with Crippen molar-refractivity contribution in [1.82, 2.24) is 15.5 Å². The van der Waals surface area contributed by atoms with Crippen molar-refractivity contribution in [3.8, 4) is 0 Å². The van der Waals surface area contributed by atoms with Crippen molar-refractivity contribution in [1.29, 1.82) is 0 Å². The number of aromatic nitrogens is 2. The molecule has 1 aromatic rings. The first-order chi connectivity index (χ1) is 4.43. The molecule has 1 N–H and O–H groups in total. The molecule has 0 radical (unpaired) electrons. The third kappa shape index (κ3) is 4.95. The van der Waals surface area contributed by atoms with Gasteiger partial charge in [0, 0.05) is 12.7 Å². The average Bonchev–Trinajstić information content (AvgIpc) is 1.91. The molecule has 1 heterocycles. The first-order valence-corrected chi connectivity index (χ1v) is 2.84. The van der Waals surface area contributed by atoms with Gasteiger partial charge in [-0.05, 0) is 19.2 Å². The van der Waals surface area contributed by atoms with Gasteiger partial charge in [0.2, 0.25) is 0 Å². The van der Waals surface area contributed by atoms with Crippen molar-refractivity contribution >= 4 is 24.8 Å². The van der Waals surface area contributed by atoms with Gasteiger partial charge in [-0.2, -0.15) is 10.2 Å². The van der Waals surface area contributed by atoms with Crippen LogP contribution in [-0.2, 0) is 6.54 Å². The van der Waals surface area contributed by atoms with Crippen molar-refractivity contribution in [3.05, 3.63) is 24.0 Å². The molecular weight excluding hydrogens is 185 g/mol. The lowest BCUT2D eigenvalue weighted by Crippen LogP contribution is -2.06. The van der Waals surface area contributed by atoms with Gasteiger partial charge in [-0.3, -0.25) is 0 Å². The molecule has 0 unspecified atom stereocenters. The van der Waals surface area contributed by atoms with E-state index in [1.807, 2.05) is 19.2 Å². The molecule has 0 aliphatic carbocycles. The van der Waals surface area contributed by atoms with E-state index in [9.17, 15) is 0 Å². The molecule has 0 saturated heterocycles. The molecule has 0 bridgehead atoms. The molecule has 0 amide bonds. The molecule has 0 atom stereocenters. The Bertz CT molecular complexity index is 169. The van der Waals surface area contributed by atoms with Crippen LogP contribution in [0.1, 0.15) is 5.69 Å². The molecule has 1 rings (SSSR count). The first kappa shape index (κ1) is 13.2. The number of hydrogen-bond acceptors (Lipinski definition) is 3. The summed E-state index contributed by atoms with van der Waals surface area (Å²) in [6.07, 6.45) is 1.67. The van der Waals surface area contributed by atoms with Gasteiger partial charge in [0.1, 0.15) is 0 Å². The van der Waals surface area contributed by atoms with Crippen molar-refractivity contribution in [3.63, 3.8) is 0 Å². The van der Waals surface area contributed by atoms with Crippen molar-refractivity contribution in [2.45, 2.75) is 6.54 Å². The Kier molecular flexibility index (Phi) is 9.29. The van der Waals surface area contributed by atoms with E-state index in [0.29, 0.717) is 0 Å². The molecule has 0 fully saturated rings. The molecule has 1 aromatic heterocycles. The predicted octanol–water partition coefficient (Wildman–Crippen LogP) is 1.04. The second-order valence-corrected chi connectivity index (χ2v) is 1.75. The zero-order valence-electron chi connectivity index (χ0n) is 6.15. The van der Waals surface area contributed by atoms with E-state index in [1.54, 1.807) is 6.20 Å². The minimum atomic E-state index is 0. The standard InChI is InChI=1S/C6H9N3.2ClH/c1-7-5-6-3-2-4-8-9-6;;/h2-4,7H,5H2,1H3;2*1H. The summed E-state index contributed by atoms with van der Waals surface area (Å²) in [5.41, 5.74) is 0.972. The highest BCUT2D eigenvalue weighted by Crippen LogP contribution is 1.87. The zero-order chi connectivity index (χ0) is 6.53. The van der Waals surface area contributed by atoms with Crippen molar-refractivity contribution in [2.75, 3.05) is 7.05 Å². The lowest BCUT2D eigenvalue weighted by atomic mass is 10.4. The van der Waals surface area contributed by atoms with E-state index in [2.05, 4.69) is 15.5 Å². The summed E-state index contributed by atoms with van der Waals surface area (Å²) in [7, 11) is 1.88. The lowest BCUT2D eigenvalue weighted by molar-refractivity contribution is 0.767. The first-order valence-electron chi connectivity index (χ1n) is 2.84. The molecule has 0 aromatic carbocycles. The van der Waals surface area contributed by atoms with Crippen LogP contribution < -0.4 is 5.32 Å². The van der Waals surface area contributed by atoms with Crippen LogP contribution in [0.3, 0.4) is 0 Å². The minimum Gasteiger partial charge on any atom is -0.314 e. The molecule has 0 saturated carbocycles. The fraction of sp³-hybridized carbons (Fsp3) is 0.333. The summed E-state index contributed by atoms with van der Waals surface area (Å²) < 4.78 is 0. The molecule has 3 nitrogen and oxygen atoms in total. The van der Waals surface area contributed by atoms with Crippen LogP contribution in [0, 0.1) is 0 Å². The van der Waals surface area contributed by atoms with Gasteiger partial charge >= 0.3 is 0 Å². The molecule has 0 spiro atoms. The Morgan fingerprint density at radius 3 is 2.64 bits per heavy atom. The van der Waals surface area contributed by atoms with Crippen LogP contribution in [0.15, 0.2) is 18.3 Å². The molecular formula is C6H11Cl2N3. The van der Waals surface area contributed by atoms with Gasteiger partial charge in [-0.1, -0.05) is 0 Å². The maximum absolute atomic E-state index is 3.86. The monoisotopic (exact) mass is 195 g/mol. The van der Waals surface area contributed by atoms with E-state index in [1.165, 1.54) is 0 Å². The Labute approximate surface area is 78.4 Å². The number of rotatable bonds is 2. The Morgan fingerprint density at radius 1 is 1.45 bits per heavy atom. The number of nitrogens with zero attached hydrogens (tertiary/aromatic N) is 2. The highest BCUT2D eigenvalue weighted by Gasteiger charge is 1.86. The second-order valence-electron chi connectivity index (χ2n) is 1.75. The summed E-state index contributed by atoms with van der Waals surface area (Å²) in [5.74, 6) is 0. The number of nitrogens with one attached hydrogen (secondary N) is 1. The number of hydrogen-bond donors (Lipinski definition) is 1. The summed E-state index contributed by atoms with van der Waals surface area (Å²) in [6.45, 7) is 0.786. The maximum atomic E-state index is 3.86. The van der Waals surface area contributed by atoms with Crippen molar-refractivity contribution < 1.29 is 0 Å². The topological polar surface area (TPSA) is 37.8 Å². The summed E-state index contributed by atoms with van der Waals surface area (Å²) in [4.78, 5) is 0.